The highest BCUT2D eigenvalue weighted by atomic mass is 16.5. The Labute approximate surface area is 116 Å². The fraction of sp³-hybridized carbons (Fsp3) is 0.462. The molecule has 1 atom stereocenters. The molecule has 0 aliphatic heterocycles. The van der Waals surface area contributed by atoms with Crippen molar-refractivity contribution in [3.8, 4) is 11.5 Å². The van der Waals surface area contributed by atoms with Crippen molar-refractivity contribution in [1.29, 1.82) is 0 Å². The Hall–Kier alpha value is -2.31. The van der Waals surface area contributed by atoms with Crippen LogP contribution in [-0.4, -0.2) is 41.7 Å². The molecule has 0 saturated carbocycles. The lowest BCUT2D eigenvalue weighted by molar-refractivity contribution is -0.145. The molecule has 1 aromatic rings. The lowest BCUT2D eigenvalue weighted by atomic mass is 10.2. The summed E-state index contributed by atoms with van der Waals surface area (Å²) in [6.45, 7) is 3.66. The van der Waals surface area contributed by atoms with E-state index < -0.39 is 17.9 Å². The maximum absolute atomic E-state index is 11.9. The highest BCUT2D eigenvalue weighted by Gasteiger charge is 2.22. The zero-order chi connectivity index (χ0) is 15.1. The van der Waals surface area contributed by atoms with Gasteiger partial charge in [0.15, 0.2) is 17.2 Å². The van der Waals surface area contributed by atoms with Gasteiger partial charge in [0.05, 0.1) is 13.7 Å². The summed E-state index contributed by atoms with van der Waals surface area (Å²) in [5.74, 6) is -1.46. The largest absolute Gasteiger partial charge is 0.503 e. The molecule has 0 aromatic carbocycles. The number of aromatic nitrogens is 1. The number of methoxy groups -OCH3 is 1. The van der Waals surface area contributed by atoms with Gasteiger partial charge in [-0.1, -0.05) is 6.92 Å². The van der Waals surface area contributed by atoms with Gasteiger partial charge in [0.2, 0.25) is 0 Å². The molecule has 1 heterocycles. The summed E-state index contributed by atoms with van der Waals surface area (Å²) in [7, 11) is 1.36. The predicted octanol–water partition coefficient (Wildman–Crippen LogP) is 0.867. The van der Waals surface area contributed by atoms with Gasteiger partial charge in [-0.25, -0.2) is 9.78 Å². The maximum atomic E-state index is 11.9. The van der Waals surface area contributed by atoms with Crippen LogP contribution in [0.1, 0.15) is 30.8 Å². The van der Waals surface area contributed by atoms with Crippen LogP contribution < -0.4 is 10.1 Å². The SMILES string of the molecule is CCCOC(=O)[C@H](C)NC(=O)c1nccc(OC)c1O. The van der Waals surface area contributed by atoms with E-state index in [-0.39, 0.29) is 17.2 Å². The second kappa shape index (κ2) is 7.32. The van der Waals surface area contributed by atoms with Crippen LogP contribution in [-0.2, 0) is 9.53 Å². The van der Waals surface area contributed by atoms with Crippen molar-refractivity contribution in [2.75, 3.05) is 13.7 Å². The highest BCUT2D eigenvalue weighted by molar-refractivity contribution is 5.97. The highest BCUT2D eigenvalue weighted by Crippen LogP contribution is 2.27. The van der Waals surface area contributed by atoms with Crippen LogP contribution in [0.15, 0.2) is 12.3 Å². The molecule has 0 saturated heterocycles. The zero-order valence-corrected chi connectivity index (χ0v) is 11.7. The Morgan fingerprint density at radius 1 is 1.50 bits per heavy atom. The van der Waals surface area contributed by atoms with Gasteiger partial charge in [0.1, 0.15) is 6.04 Å². The molecule has 1 amide bonds. The van der Waals surface area contributed by atoms with Crippen LogP contribution in [0.4, 0.5) is 0 Å². The van der Waals surface area contributed by atoms with Crippen molar-refractivity contribution in [1.82, 2.24) is 10.3 Å². The molecule has 0 aliphatic carbocycles. The van der Waals surface area contributed by atoms with E-state index in [2.05, 4.69) is 10.3 Å². The van der Waals surface area contributed by atoms with Gasteiger partial charge in [-0.3, -0.25) is 4.79 Å². The molecule has 0 radical (unpaired) electrons. The lowest BCUT2D eigenvalue weighted by Crippen LogP contribution is -2.40. The smallest absolute Gasteiger partial charge is 0.328 e. The average Bonchev–Trinajstić information content (AvgIpc) is 2.44. The first-order valence-electron chi connectivity index (χ1n) is 6.20. The Bertz CT molecular complexity index is 490. The van der Waals surface area contributed by atoms with Gasteiger partial charge < -0.3 is 19.9 Å². The van der Waals surface area contributed by atoms with Gasteiger partial charge in [-0.2, -0.15) is 0 Å². The number of hydrogen-bond donors (Lipinski definition) is 2. The first-order valence-corrected chi connectivity index (χ1v) is 6.20. The number of carbonyl (C=O) groups is 2. The van der Waals surface area contributed by atoms with E-state index >= 15 is 0 Å². The van der Waals surface area contributed by atoms with Gasteiger partial charge in [-0.15, -0.1) is 0 Å². The van der Waals surface area contributed by atoms with Crippen molar-refractivity contribution >= 4 is 11.9 Å². The van der Waals surface area contributed by atoms with E-state index in [1.165, 1.54) is 26.3 Å². The number of nitrogens with zero attached hydrogens (tertiary/aromatic N) is 1. The first kappa shape index (κ1) is 15.7. The molecule has 2 N–H and O–H groups in total. The molecule has 0 aliphatic rings. The molecule has 0 bridgehead atoms. The quantitative estimate of drug-likeness (QED) is 0.751. The van der Waals surface area contributed by atoms with E-state index in [9.17, 15) is 14.7 Å². The Balaban J connectivity index is 2.74. The molecule has 0 spiro atoms. The first-order chi connectivity index (χ1) is 9.51. The minimum absolute atomic E-state index is 0.131. The number of carbonyl (C=O) groups excluding carboxylic acids is 2. The van der Waals surface area contributed by atoms with Gasteiger partial charge in [0.25, 0.3) is 5.91 Å². The second-order valence-electron chi connectivity index (χ2n) is 4.07. The summed E-state index contributed by atoms with van der Waals surface area (Å²) >= 11 is 0. The molecule has 20 heavy (non-hydrogen) atoms. The van der Waals surface area contributed by atoms with Crippen LogP contribution in [0, 0.1) is 0 Å². The molecule has 7 nitrogen and oxygen atoms in total. The Morgan fingerprint density at radius 3 is 2.80 bits per heavy atom. The van der Waals surface area contributed by atoms with E-state index in [1.54, 1.807) is 0 Å². The van der Waals surface area contributed by atoms with E-state index in [4.69, 9.17) is 9.47 Å². The third-order valence-corrected chi connectivity index (χ3v) is 2.47. The topological polar surface area (TPSA) is 97.8 Å². The summed E-state index contributed by atoms with van der Waals surface area (Å²) in [6, 6.07) is 0.590. The number of pyridine rings is 1. The summed E-state index contributed by atoms with van der Waals surface area (Å²) in [5, 5.41) is 12.2. The summed E-state index contributed by atoms with van der Waals surface area (Å²) in [5.41, 5.74) is -0.209. The number of ether oxygens (including phenoxy) is 2. The minimum atomic E-state index is -0.832. The van der Waals surface area contributed by atoms with Crippen LogP contribution in [0.5, 0.6) is 11.5 Å². The number of nitrogens with one attached hydrogen (secondary N) is 1. The van der Waals surface area contributed by atoms with Crippen LogP contribution in [0.25, 0.3) is 0 Å². The molecular formula is C13H18N2O5. The molecule has 7 heteroatoms. The van der Waals surface area contributed by atoms with Crippen molar-refractivity contribution in [3.63, 3.8) is 0 Å². The average molecular weight is 282 g/mol. The lowest BCUT2D eigenvalue weighted by Gasteiger charge is -2.13. The summed E-state index contributed by atoms with van der Waals surface area (Å²) < 4.78 is 9.78. The number of rotatable bonds is 6. The normalized spacial score (nSPS) is 11.6. The van der Waals surface area contributed by atoms with Crippen LogP contribution in [0.2, 0.25) is 0 Å². The monoisotopic (exact) mass is 282 g/mol. The fourth-order valence-corrected chi connectivity index (χ4v) is 1.42. The maximum Gasteiger partial charge on any atom is 0.328 e. The van der Waals surface area contributed by atoms with Crippen molar-refractivity contribution in [3.05, 3.63) is 18.0 Å². The van der Waals surface area contributed by atoms with Gasteiger partial charge >= 0.3 is 5.97 Å². The molecule has 110 valence electrons. The Morgan fingerprint density at radius 2 is 2.20 bits per heavy atom. The van der Waals surface area contributed by atoms with Crippen molar-refractivity contribution < 1.29 is 24.2 Å². The van der Waals surface area contributed by atoms with Crippen LogP contribution >= 0.6 is 0 Å². The number of amides is 1. The predicted molar refractivity (Wildman–Crippen MR) is 70.6 cm³/mol. The third kappa shape index (κ3) is 3.84. The molecule has 0 fully saturated rings. The summed E-state index contributed by atoms with van der Waals surface area (Å²) in [4.78, 5) is 27.2. The zero-order valence-electron chi connectivity index (χ0n) is 11.7. The molecule has 0 unspecified atom stereocenters. The molecule has 1 aromatic heterocycles. The number of hydrogen-bond acceptors (Lipinski definition) is 6. The third-order valence-electron chi connectivity index (χ3n) is 2.47. The van der Waals surface area contributed by atoms with E-state index in [1.807, 2.05) is 6.92 Å². The fourth-order valence-electron chi connectivity index (χ4n) is 1.42. The van der Waals surface area contributed by atoms with E-state index in [0.29, 0.717) is 13.0 Å². The molecular weight excluding hydrogens is 264 g/mol. The number of esters is 1. The van der Waals surface area contributed by atoms with Gasteiger partial charge in [-0.05, 0) is 13.3 Å². The number of aromatic hydroxyl groups is 1. The van der Waals surface area contributed by atoms with Crippen molar-refractivity contribution in [2.24, 2.45) is 0 Å². The second-order valence-corrected chi connectivity index (χ2v) is 4.07. The summed E-state index contributed by atoms with van der Waals surface area (Å²) in [6.07, 6.45) is 2.03. The van der Waals surface area contributed by atoms with Crippen LogP contribution in [0.3, 0.4) is 0 Å². The molecule has 1 rings (SSSR count). The minimum Gasteiger partial charge on any atom is -0.503 e. The van der Waals surface area contributed by atoms with Crippen molar-refractivity contribution in [2.45, 2.75) is 26.3 Å². The van der Waals surface area contributed by atoms with E-state index in [0.717, 1.165) is 0 Å². The standard InChI is InChI=1S/C13H18N2O5/c1-4-7-20-13(18)8(2)15-12(17)10-11(16)9(19-3)5-6-14-10/h5-6,8,16H,4,7H2,1-3H3,(H,15,17)/t8-/m0/s1. The Kier molecular flexibility index (Phi) is 5.76. The van der Waals surface area contributed by atoms with Gasteiger partial charge in [0, 0.05) is 12.3 Å².